The zero-order chi connectivity index (χ0) is 15.2. The molecule has 0 aromatic heterocycles. The Hall–Kier alpha value is -0.610. The van der Waals surface area contributed by atoms with E-state index in [4.69, 9.17) is 0 Å². The number of carboxylic acids is 1. The second-order valence-electron chi connectivity index (χ2n) is 6.92. The van der Waals surface area contributed by atoms with Crippen LogP contribution in [0.2, 0.25) is 0 Å². The highest BCUT2D eigenvalue weighted by Gasteiger charge is 2.32. The minimum absolute atomic E-state index is 0.194. The van der Waals surface area contributed by atoms with E-state index in [1.54, 1.807) is 6.92 Å². The van der Waals surface area contributed by atoms with Crippen molar-refractivity contribution in [3.63, 3.8) is 0 Å². The van der Waals surface area contributed by atoms with Gasteiger partial charge >= 0.3 is 5.97 Å². The van der Waals surface area contributed by atoms with E-state index in [-0.39, 0.29) is 6.04 Å². The molecule has 1 rings (SSSR count). The molecular weight excluding hydrogens is 252 g/mol. The Morgan fingerprint density at radius 2 is 1.95 bits per heavy atom. The van der Waals surface area contributed by atoms with Crippen LogP contribution in [0, 0.1) is 5.92 Å². The van der Waals surface area contributed by atoms with Gasteiger partial charge < -0.3 is 10.0 Å². The van der Waals surface area contributed by atoms with Gasteiger partial charge in [-0.1, -0.05) is 6.92 Å². The molecule has 1 saturated heterocycles. The molecule has 2 N–H and O–H groups in total. The van der Waals surface area contributed by atoms with E-state index in [0.717, 1.165) is 25.3 Å². The number of likely N-dealkylation sites (tertiary alicyclic amines) is 1. The number of hydrogen-bond donors (Lipinski definition) is 2. The van der Waals surface area contributed by atoms with Crippen LogP contribution in [0.15, 0.2) is 0 Å². The topological polar surface area (TPSA) is 52.6 Å². The van der Waals surface area contributed by atoms with Crippen LogP contribution in [-0.4, -0.2) is 47.2 Å². The van der Waals surface area contributed by atoms with Crippen molar-refractivity contribution in [3.05, 3.63) is 0 Å². The lowest BCUT2D eigenvalue weighted by molar-refractivity contribution is -0.144. The van der Waals surface area contributed by atoms with Gasteiger partial charge in [0, 0.05) is 6.04 Å². The molecule has 1 unspecified atom stereocenters. The van der Waals surface area contributed by atoms with Crippen molar-refractivity contribution in [2.24, 2.45) is 5.92 Å². The third-order valence-corrected chi connectivity index (χ3v) is 4.36. The first-order valence-electron chi connectivity index (χ1n) is 8.07. The summed E-state index contributed by atoms with van der Waals surface area (Å²) in [5, 5.41) is 12.6. The Balaban J connectivity index is 2.25. The van der Waals surface area contributed by atoms with E-state index in [1.807, 2.05) is 13.8 Å². The first kappa shape index (κ1) is 17.4. The molecule has 1 fully saturated rings. The molecule has 0 spiro atoms. The van der Waals surface area contributed by atoms with Crippen LogP contribution < -0.4 is 5.32 Å². The van der Waals surface area contributed by atoms with E-state index in [1.165, 1.54) is 25.9 Å². The second kappa shape index (κ2) is 7.99. The van der Waals surface area contributed by atoms with E-state index >= 15 is 0 Å². The summed E-state index contributed by atoms with van der Waals surface area (Å²) in [4.78, 5) is 13.9. The standard InChI is InChI=1S/C16H32N2O2/c1-13(2)17-16(4,15(19)20)9-5-6-10-18-11-7-14(3)8-12-18/h13-14,17H,5-12H2,1-4H3,(H,19,20). The monoisotopic (exact) mass is 284 g/mol. The van der Waals surface area contributed by atoms with Crippen molar-refractivity contribution >= 4 is 5.97 Å². The van der Waals surface area contributed by atoms with Crippen LogP contribution in [-0.2, 0) is 4.79 Å². The van der Waals surface area contributed by atoms with Crippen molar-refractivity contribution in [3.8, 4) is 0 Å². The maximum atomic E-state index is 11.4. The van der Waals surface area contributed by atoms with Crippen LogP contribution in [0.1, 0.15) is 59.8 Å². The van der Waals surface area contributed by atoms with Gasteiger partial charge in [0.25, 0.3) is 0 Å². The zero-order valence-electron chi connectivity index (χ0n) is 13.6. The minimum atomic E-state index is -0.787. The van der Waals surface area contributed by atoms with E-state index < -0.39 is 11.5 Å². The van der Waals surface area contributed by atoms with Gasteiger partial charge in [0.1, 0.15) is 5.54 Å². The molecule has 0 radical (unpaired) electrons. The maximum Gasteiger partial charge on any atom is 0.323 e. The van der Waals surface area contributed by atoms with Gasteiger partial charge in [-0.25, -0.2) is 0 Å². The highest BCUT2D eigenvalue weighted by Crippen LogP contribution is 2.18. The predicted octanol–water partition coefficient (Wildman–Crippen LogP) is 2.73. The Bertz CT molecular complexity index is 299. The molecule has 1 heterocycles. The Kier molecular flexibility index (Phi) is 6.96. The summed E-state index contributed by atoms with van der Waals surface area (Å²) in [6, 6.07) is 0.194. The number of carboxylic acid groups (broad SMARTS) is 1. The summed E-state index contributed by atoms with van der Waals surface area (Å²) in [6.45, 7) is 11.7. The number of unbranched alkanes of at least 4 members (excludes halogenated alkanes) is 1. The zero-order valence-corrected chi connectivity index (χ0v) is 13.6. The molecule has 118 valence electrons. The molecule has 4 nitrogen and oxygen atoms in total. The van der Waals surface area contributed by atoms with Gasteiger partial charge in [0.2, 0.25) is 0 Å². The van der Waals surface area contributed by atoms with Crippen LogP contribution in [0.3, 0.4) is 0 Å². The molecule has 0 aliphatic carbocycles. The fourth-order valence-corrected chi connectivity index (χ4v) is 2.98. The number of piperidine rings is 1. The second-order valence-corrected chi connectivity index (χ2v) is 6.92. The van der Waals surface area contributed by atoms with Crippen molar-refractivity contribution in [2.75, 3.05) is 19.6 Å². The minimum Gasteiger partial charge on any atom is -0.480 e. The van der Waals surface area contributed by atoms with Gasteiger partial charge in [0.15, 0.2) is 0 Å². The summed E-state index contributed by atoms with van der Waals surface area (Å²) in [5.41, 5.74) is -0.787. The number of rotatable bonds is 8. The molecular formula is C16H32N2O2. The number of hydrogen-bond acceptors (Lipinski definition) is 3. The smallest absolute Gasteiger partial charge is 0.323 e. The molecule has 0 aromatic rings. The fraction of sp³-hybridized carbons (Fsp3) is 0.938. The maximum absolute atomic E-state index is 11.4. The molecule has 20 heavy (non-hydrogen) atoms. The lowest BCUT2D eigenvalue weighted by Gasteiger charge is -2.31. The Morgan fingerprint density at radius 3 is 2.45 bits per heavy atom. The van der Waals surface area contributed by atoms with E-state index in [2.05, 4.69) is 17.1 Å². The van der Waals surface area contributed by atoms with Gasteiger partial charge in [-0.3, -0.25) is 10.1 Å². The fourth-order valence-electron chi connectivity index (χ4n) is 2.98. The largest absolute Gasteiger partial charge is 0.480 e. The van der Waals surface area contributed by atoms with E-state index in [0.29, 0.717) is 6.42 Å². The summed E-state index contributed by atoms with van der Waals surface area (Å²) in [6.07, 6.45) is 5.37. The molecule has 0 amide bonds. The summed E-state index contributed by atoms with van der Waals surface area (Å²) < 4.78 is 0. The molecule has 1 aliphatic rings. The first-order chi connectivity index (χ1) is 9.33. The van der Waals surface area contributed by atoms with Crippen molar-refractivity contribution in [2.45, 2.75) is 71.4 Å². The van der Waals surface area contributed by atoms with Crippen LogP contribution >= 0.6 is 0 Å². The van der Waals surface area contributed by atoms with Crippen molar-refractivity contribution < 1.29 is 9.90 Å². The van der Waals surface area contributed by atoms with Crippen LogP contribution in [0.5, 0.6) is 0 Å². The summed E-state index contributed by atoms with van der Waals surface area (Å²) in [5.74, 6) is 0.134. The molecule has 1 aliphatic heterocycles. The SMILES string of the molecule is CC1CCN(CCCCC(C)(NC(C)C)C(=O)O)CC1. The normalized spacial score (nSPS) is 21.1. The highest BCUT2D eigenvalue weighted by atomic mass is 16.4. The Morgan fingerprint density at radius 1 is 1.35 bits per heavy atom. The Labute approximate surface area is 123 Å². The molecule has 0 saturated carbocycles. The highest BCUT2D eigenvalue weighted by molar-refractivity contribution is 5.78. The molecule has 0 bridgehead atoms. The number of nitrogens with one attached hydrogen (secondary N) is 1. The van der Waals surface area contributed by atoms with Gasteiger partial charge in [-0.05, 0) is 78.4 Å². The van der Waals surface area contributed by atoms with Crippen LogP contribution in [0.4, 0.5) is 0 Å². The quantitative estimate of drug-likeness (QED) is 0.673. The third kappa shape index (κ3) is 5.80. The van der Waals surface area contributed by atoms with Gasteiger partial charge in [-0.15, -0.1) is 0 Å². The lowest BCUT2D eigenvalue weighted by atomic mass is 9.93. The van der Waals surface area contributed by atoms with Gasteiger partial charge in [0.05, 0.1) is 0 Å². The average molecular weight is 284 g/mol. The molecule has 0 aromatic carbocycles. The lowest BCUT2D eigenvalue weighted by Crippen LogP contribution is -2.52. The average Bonchev–Trinajstić information content (AvgIpc) is 2.36. The predicted molar refractivity (Wildman–Crippen MR) is 83.0 cm³/mol. The molecule has 1 atom stereocenters. The number of aliphatic carboxylic acids is 1. The third-order valence-electron chi connectivity index (χ3n) is 4.36. The number of nitrogens with zero attached hydrogens (tertiary/aromatic N) is 1. The van der Waals surface area contributed by atoms with Crippen molar-refractivity contribution in [1.82, 2.24) is 10.2 Å². The first-order valence-corrected chi connectivity index (χ1v) is 8.07. The summed E-state index contributed by atoms with van der Waals surface area (Å²) >= 11 is 0. The van der Waals surface area contributed by atoms with E-state index in [9.17, 15) is 9.90 Å². The van der Waals surface area contributed by atoms with Crippen LogP contribution in [0.25, 0.3) is 0 Å². The van der Waals surface area contributed by atoms with Gasteiger partial charge in [-0.2, -0.15) is 0 Å². The van der Waals surface area contributed by atoms with Crippen molar-refractivity contribution in [1.29, 1.82) is 0 Å². The number of carbonyl (C=O) groups is 1. The summed E-state index contributed by atoms with van der Waals surface area (Å²) in [7, 11) is 0. The molecule has 4 heteroatoms.